The standard InChI is InChI=1S/C23H28N4O/c1-17-8-6-12-20-22(17)25-23(24-20)18(2)27-15-14-26(21(28)16-27)13-7-11-19-9-4-3-5-10-19/h3-6,8-10,12,18H,7,11,13-16H2,1-2H3,(H,24,25). The number of hydrogen-bond donors (Lipinski definition) is 1. The zero-order valence-corrected chi connectivity index (χ0v) is 16.7. The van der Waals surface area contributed by atoms with Crippen LogP contribution in [0, 0.1) is 6.92 Å². The molecule has 1 fully saturated rings. The van der Waals surface area contributed by atoms with Crippen molar-refractivity contribution in [1.29, 1.82) is 0 Å². The fourth-order valence-corrected chi connectivity index (χ4v) is 3.98. The monoisotopic (exact) mass is 376 g/mol. The number of carbonyl (C=O) groups is 1. The Morgan fingerprint density at radius 1 is 1.11 bits per heavy atom. The Bertz CT molecular complexity index is 950. The van der Waals surface area contributed by atoms with Gasteiger partial charge in [0, 0.05) is 19.6 Å². The Kier molecular flexibility index (Phi) is 5.44. The normalized spacial score (nSPS) is 16.6. The number of amides is 1. The van der Waals surface area contributed by atoms with E-state index in [-0.39, 0.29) is 11.9 Å². The maximum atomic E-state index is 12.7. The summed E-state index contributed by atoms with van der Waals surface area (Å²) in [5.74, 6) is 1.16. The van der Waals surface area contributed by atoms with Gasteiger partial charge < -0.3 is 9.88 Å². The van der Waals surface area contributed by atoms with Crippen molar-refractivity contribution in [3.05, 3.63) is 65.5 Å². The van der Waals surface area contributed by atoms with E-state index in [4.69, 9.17) is 4.98 Å². The second kappa shape index (κ2) is 8.15. The molecule has 1 aromatic heterocycles. The van der Waals surface area contributed by atoms with Gasteiger partial charge in [-0.3, -0.25) is 9.69 Å². The average molecular weight is 377 g/mol. The number of aromatic amines is 1. The highest BCUT2D eigenvalue weighted by molar-refractivity contribution is 5.79. The first kappa shape index (κ1) is 18.7. The molecule has 1 atom stereocenters. The Morgan fingerprint density at radius 2 is 1.93 bits per heavy atom. The van der Waals surface area contributed by atoms with Crippen molar-refractivity contribution in [2.75, 3.05) is 26.2 Å². The highest BCUT2D eigenvalue weighted by atomic mass is 16.2. The van der Waals surface area contributed by atoms with Crippen LogP contribution in [0.25, 0.3) is 11.0 Å². The van der Waals surface area contributed by atoms with Crippen LogP contribution in [-0.4, -0.2) is 51.9 Å². The minimum absolute atomic E-state index is 0.0993. The predicted molar refractivity (Wildman–Crippen MR) is 112 cm³/mol. The summed E-state index contributed by atoms with van der Waals surface area (Å²) < 4.78 is 0. The van der Waals surface area contributed by atoms with Crippen LogP contribution >= 0.6 is 0 Å². The molecular weight excluding hydrogens is 348 g/mol. The lowest BCUT2D eigenvalue weighted by Crippen LogP contribution is -2.51. The molecule has 5 heteroatoms. The van der Waals surface area contributed by atoms with Gasteiger partial charge in [-0.15, -0.1) is 0 Å². The summed E-state index contributed by atoms with van der Waals surface area (Å²) in [4.78, 5) is 25.1. The van der Waals surface area contributed by atoms with E-state index in [1.54, 1.807) is 0 Å². The maximum absolute atomic E-state index is 12.7. The molecule has 1 N–H and O–H groups in total. The van der Waals surface area contributed by atoms with E-state index in [1.165, 1.54) is 11.1 Å². The first-order valence-electron chi connectivity index (χ1n) is 10.1. The number of nitrogens with zero attached hydrogens (tertiary/aromatic N) is 3. The van der Waals surface area contributed by atoms with Crippen LogP contribution in [0.2, 0.25) is 0 Å². The second-order valence-electron chi connectivity index (χ2n) is 7.71. The van der Waals surface area contributed by atoms with Gasteiger partial charge in [0.1, 0.15) is 5.82 Å². The number of benzene rings is 2. The Labute approximate surface area is 166 Å². The van der Waals surface area contributed by atoms with Gasteiger partial charge in [-0.05, 0) is 43.9 Å². The van der Waals surface area contributed by atoms with Gasteiger partial charge in [-0.25, -0.2) is 4.98 Å². The lowest BCUT2D eigenvalue weighted by atomic mass is 10.1. The van der Waals surface area contributed by atoms with Crippen molar-refractivity contribution in [3.8, 4) is 0 Å². The molecule has 1 aliphatic heterocycles. The first-order chi connectivity index (χ1) is 13.6. The number of piperazine rings is 1. The summed E-state index contributed by atoms with van der Waals surface area (Å²) in [5, 5.41) is 0. The average Bonchev–Trinajstić information content (AvgIpc) is 3.15. The summed E-state index contributed by atoms with van der Waals surface area (Å²) in [5.41, 5.74) is 4.62. The topological polar surface area (TPSA) is 52.2 Å². The number of carbonyl (C=O) groups excluding carboxylic acids is 1. The number of hydrogen-bond acceptors (Lipinski definition) is 3. The number of rotatable bonds is 6. The van der Waals surface area contributed by atoms with E-state index >= 15 is 0 Å². The molecule has 4 rings (SSSR count). The first-order valence-corrected chi connectivity index (χ1v) is 10.1. The third-order valence-electron chi connectivity index (χ3n) is 5.77. The minimum Gasteiger partial charge on any atom is -0.340 e. The van der Waals surface area contributed by atoms with Crippen molar-refractivity contribution in [2.24, 2.45) is 0 Å². The van der Waals surface area contributed by atoms with Crippen LogP contribution in [0.1, 0.15) is 36.3 Å². The molecule has 28 heavy (non-hydrogen) atoms. The van der Waals surface area contributed by atoms with Crippen LogP contribution in [-0.2, 0) is 11.2 Å². The number of imidazole rings is 1. The van der Waals surface area contributed by atoms with Gasteiger partial charge in [0.05, 0.1) is 23.6 Å². The largest absolute Gasteiger partial charge is 0.340 e. The zero-order chi connectivity index (χ0) is 19.5. The molecule has 1 saturated heterocycles. The molecule has 1 aliphatic rings. The van der Waals surface area contributed by atoms with Crippen LogP contribution in [0.3, 0.4) is 0 Å². The molecule has 146 valence electrons. The van der Waals surface area contributed by atoms with E-state index in [0.29, 0.717) is 6.54 Å². The summed E-state index contributed by atoms with van der Waals surface area (Å²) in [6.45, 7) is 7.19. The molecule has 3 aromatic rings. The smallest absolute Gasteiger partial charge is 0.236 e. The van der Waals surface area contributed by atoms with Gasteiger partial charge in [0.25, 0.3) is 0 Å². The maximum Gasteiger partial charge on any atom is 0.236 e. The van der Waals surface area contributed by atoms with Crippen molar-refractivity contribution in [2.45, 2.75) is 32.7 Å². The lowest BCUT2D eigenvalue weighted by molar-refractivity contribution is -0.137. The Balaban J connectivity index is 1.34. The van der Waals surface area contributed by atoms with E-state index in [9.17, 15) is 4.79 Å². The number of aromatic nitrogens is 2. The van der Waals surface area contributed by atoms with E-state index in [2.05, 4.69) is 54.1 Å². The van der Waals surface area contributed by atoms with E-state index in [0.717, 1.165) is 49.3 Å². The fourth-order valence-electron chi connectivity index (χ4n) is 3.98. The fraction of sp³-hybridized carbons (Fsp3) is 0.391. The Morgan fingerprint density at radius 3 is 2.68 bits per heavy atom. The number of aryl methyl sites for hydroxylation is 2. The highest BCUT2D eigenvalue weighted by Gasteiger charge is 2.28. The molecule has 0 radical (unpaired) electrons. The zero-order valence-electron chi connectivity index (χ0n) is 16.7. The summed E-state index contributed by atoms with van der Waals surface area (Å²) in [7, 11) is 0. The summed E-state index contributed by atoms with van der Waals surface area (Å²) in [6.07, 6.45) is 2.03. The molecule has 0 saturated carbocycles. The van der Waals surface area contributed by atoms with E-state index < -0.39 is 0 Å². The molecular formula is C23H28N4O. The van der Waals surface area contributed by atoms with Crippen LogP contribution in [0.5, 0.6) is 0 Å². The van der Waals surface area contributed by atoms with Crippen molar-refractivity contribution < 1.29 is 4.79 Å². The summed E-state index contributed by atoms with van der Waals surface area (Å²) >= 11 is 0. The molecule has 2 heterocycles. The molecule has 1 amide bonds. The van der Waals surface area contributed by atoms with E-state index in [1.807, 2.05) is 23.1 Å². The summed E-state index contributed by atoms with van der Waals surface area (Å²) in [6, 6.07) is 16.7. The van der Waals surface area contributed by atoms with Gasteiger partial charge in [-0.2, -0.15) is 0 Å². The lowest BCUT2D eigenvalue weighted by Gasteiger charge is -2.37. The molecule has 0 spiro atoms. The molecule has 0 bridgehead atoms. The number of fused-ring (bicyclic) bond motifs is 1. The minimum atomic E-state index is 0.0993. The third kappa shape index (κ3) is 3.94. The Hall–Kier alpha value is -2.66. The second-order valence-corrected chi connectivity index (χ2v) is 7.71. The van der Waals surface area contributed by atoms with Gasteiger partial charge in [0.15, 0.2) is 0 Å². The van der Waals surface area contributed by atoms with Crippen molar-refractivity contribution in [3.63, 3.8) is 0 Å². The quantitative estimate of drug-likeness (QED) is 0.713. The van der Waals surface area contributed by atoms with Crippen LogP contribution in [0.4, 0.5) is 0 Å². The highest BCUT2D eigenvalue weighted by Crippen LogP contribution is 2.24. The molecule has 1 unspecified atom stereocenters. The van der Waals surface area contributed by atoms with Crippen molar-refractivity contribution in [1.82, 2.24) is 19.8 Å². The number of para-hydroxylation sites is 1. The molecule has 0 aliphatic carbocycles. The van der Waals surface area contributed by atoms with Crippen LogP contribution in [0.15, 0.2) is 48.5 Å². The molecule has 2 aromatic carbocycles. The van der Waals surface area contributed by atoms with Crippen molar-refractivity contribution >= 4 is 16.9 Å². The van der Waals surface area contributed by atoms with Gasteiger partial charge >= 0.3 is 0 Å². The predicted octanol–water partition coefficient (Wildman–Crippen LogP) is 3.71. The molecule has 5 nitrogen and oxygen atoms in total. The SMILES string of the molecule is Cc1cccc2nc(C(C)N3CCN(CCCc4ccccc4)C(=O)C3)[nH]c12. The third-order valence-corrected chi connectivity index (χ3v) is 5.77. The van der Waals surface area contributed by atoms with Gasteiger partial charge in [-0.1, -0.05) is 42.5 Å². The van der Waals surface area contributed by atoms with Crippen LogP contribution < -0.4 is 0 Å². The number of nitrogens with one attached hydrogen (secondary N) is 1. The van der Waals surface area contributed by atoms with Gasteiger partial charge in [0.2, 0.25) is 5.91 Å². The number of H-pyrrole nitrogens is 1.